The summed E-state index contributed by atoms with van der Waals surface area (Å²) in [5.41, 5.74) is 0.662. The molecule has 0 aliphatic rings. The normalized spacial score (nSPS) is 8.48. The van der Waals surface area contributed by atoms with Crippen LogP contribution < -0.4 is 0 Å². The molecule has 0 atom stereocenters. The SMILES string of the molecule is CCO.O=C(O)c1ccccc1.O=C(O)c1ccccc1. The Morgan fingerprint density at radius 1 is 0.762 bits per heavy atom. The molecule has 2 rings (SSSR count). The second-order valence-corrected chi connectivity index (χ2v) is 3.66. The molecule has 0 radical (unpaired) electrons. The van der Waals surface area contributed by atoms with Crippen LogP contribution in [0.2, 0.25) is 0 Å². The number of carboxylic acids is 2. The van der Waals surface area contributed by atoms with Crippen molar-refractivity contribution >= 4 is 11.9 Å². The third-order valence-electron chi connectivity index (χ3n) is 2.04. The van der Waals surface area contributed by atoms with Gasteiger partial charge in [0.2, 0.25) is 0 Å². The van der Waals surface area contributed by atoms with Crippen molar-refractivity contribution < 1.29 is 24.9 Å². The molecule has 3 N–H and O–H groups in total. The highest BCUT2D eigenvalue weighted by Crippen LogP contribution is 1.96. The zero-order valence-electron chi connectivity index (χ0n) is 11.6. The topological polar surface area (TPSA) is 94.8 Å². The van der Waals surface area contributed by atoms with Crippen molar-refractivity contribution in [2.24, 2.45) is 0 Å². The predicted molar refractivity (Wildman–Crippen MR) is 79.6 cm³/mol. The molecule has 0 unspecified atom stereocenters. The van der Waals surface area contributed by atoms with Gasteiger partial charge in [-0.1, -0.05) is 36.4 Å². The van der Waals surface area contributed by atoms with Gasteiger partial charge in [-0.25, -0.2) is 9.59 Å². The molecule has 0 saturated carbocycles. The number of aliphatic hydroxyl groups excluding tert-OH is 1. The number of carboxylic acid groups (broad SMARTS) is 2. The molecular formula is C16H18O5. The van der Waals surface area contributed by atoms with Crippen molar-refractivity contribution in [3.8, 4) is 0 Å². The fourth-order valence-corrected chi connectivity index (χ4v) is 1.16. The summed E-state index contributed by atoms with van der Waals surface area (Å²) in [4.78, 5) is 20.4. The number of benzene rings is 2. The molecule has 2 aromatic rings. The average molecular weight is 290 g/mol. The molecule has 0 spiro atoms. The molecule has 0 saturated heterocycles. The molecular weight excluding hydrogens is 272 g/mol. The molecule has 0 fully saturated rings. The van der Waals surface area contributed by atoms with Crippen LogP contribution in [0.1, 0.15) is 27.6 Å². The zero-order chi connectivity index (χ0) is 16.1. The van der Waals surface area contributed by atoms with E-state index in [0.29, 0.717) is 11.1 Å². The molecule has 5 heteroatoms. The summed E-state index contributed by atoms with van der Waals surface area (Å²) in [6.07, 6.45) is 0. The Balaban J connectivity index is 0.000000322. The quantitative estimate of drug-likeness (QED) is 0.790. The Morgan fingerprint density at radius 3 is 1.14 bits per heavy atom. The van der Waals surface area contributed by atoms with E-state index in [-0.39, 0.29) is 6.61 Å². The Morgan fingerprint density at radius 2 is 1.00 bits per heavy atom. The average Bonchev–Trinajstić information content (AvgIpc) is 2.50. The molecule has 0 aromatic heterocycles. The van der Waals surface area contributed by atoms with Crippen LogP contribution in [0.3, 0.4) is 0 Å². The first kappa shape index (κ1) is 18.3. The molecule has 5 nitrogen and oxygen atoms in total. The van der Waals surface area contributed by atoms with E-state index in [1.165, 1.54) is 0 Å². The van der Waals surface area contributed by atoms with Gasteiger partial charge in [0.05, 0.1) is 11.1 Å². The second-order valence-electron chi connectivity index (χ2n) is 3.66. The highest BCUT2D eigenvalue weighted by atomic mass is 16.4. The molecule has 2 aromatic carbocycles. The minimum atomic E-state index is -0.879. The zero-order valence-corrected chi connectivity index (χ0v) is 11.6. The molecule has 0 aliphatic carbocycles. The number of aromatic carboxylic acids is 2. The van der Waals surface area contributed by atoms with Gasteiger partial charge in [0.25, 0.3) is 0 Å². The van der Waals surface area contributed by atoms with Crippen LogP contribution in [0.5, 0.6) is 0 Å². The number of hydrogen-bond acceptors (Lipinski definition) is 3. The van der Waals surface area contributed by atoms with E-state index in [4.69, 9.17) is 15.3 Å². The van der Waals surface area contributed by atoms with Gasteiger partial charge >= 0.3 is 11.9 Å². The van der Waals surface area contributed by atoms with Gasteiger partial charge < -0.3 is 15.3 Å². The number of rotatable bonds is 2. The van der Waals surface area contributed by atoms with Crippen LogP contribution in [-0.2, 0) is 0 Å². The lowest BCUT2D eigenvalue weighted by molar-refractivity contribution is 0.0686. The lowest BCUT2D eigenvalue weighted by atomic mass is 10.2. The van der Waals surface area contributed by atoms with Gasteiger partial charge in [-0.2, -0.15) is 0 Å². The highest BCUT2D eigenvalue weighted by molar-refractivity contribution is 5.87. The number of hydrogen-bond donors (Lipinski definition) is 3. The summed E-state index contributed by atoms with van der Waals surface area (Å²) in [7, 11) is 0. The van der Waals surface area contributed by atoms with E-state index in [9.17, 15) is 9.59 Å². The van der Waals surface area contributed by atoms with Crippen molar-refractivity contribution in [2.75, 3.05) is 6.61 Å². The van der Waals surface area contributed by atoms with Gasteiger partial charge in [0, 0.05) is 6.61 Å². The molecule has 0 heterocycles. The van der Waals surface area contributed by atoms with E-state index >= 15 is 0 Å². The van der Waals surface area contributed by atoms with E-state index in [2.05, 4.69) is 0 Å². The third-order valence-corrected chi connectivity index (χ3v) is 2.04. The number of aliphatic hydroxyl groups is 1. The second kappa shape index (κ2) is 11.2. The summed E-state index contributed by atoms with van der Waals surface area (Å²) in [5.74, 6) is -1.76. The van der Waals surface area contributed by atoms with E-state index in [1.54, 1.807) is 67.6 Å². The van der Waals surface area contributed by atoms with Crippen molar-refractivity contribution in [3.63, 3.8) is 0 Å². The molecule has 0 aliphatic heterocycles. The van der Waals surface area contributed by atoms with Crippen LogP contribution >= 0.6 is 0 Å². The van der Waals surface area contributed by atoms with Crippen molar-refractivity contribution in [1.29, 1.82) is 0 Å². The first-order chi connectivity index (χ1) is 10.0. The lowest BCUT2D eigenvalue weighted by Crippen LogP contribution is -1.93. The summed E-state index contributed by atoms with van der Waals surface area (Å²) in [6.45, 7) is 1.93. The summed E-state index contributed by atoms with van der Waals surface area (Å²) >= 11 is 0. The van der Waals surface area contributed by atoms with Crippen molar-refractivity contribution in [2.45, 2.75) is 6.92 Å². The fourth-order valence-electron chi connectivity index (χ4n) is 1.16. The predicted octanol–water partition coefficient (Wildman–Crippen LogP) is 2.77. The van der Waals surface area contributed by atoms with Gasteiger partial charge in [-0.3, -0.25) is 0 Å². The van der Waals surface area contributed by atoms with Crippen LogP contribution in [0, 0.1) is 0 Å². The van der Waals surface area contributed by atoms with Gasteiger partial charge in [0.1, 0.15) is 0 Å². The maximum atomic E-state index is 10.2. The maximum Gasteiger partial charge on any atom is 0.335 e. The molecule has 112 valence electrons. The first-order valence-corrected chi connectivity index (χ1v) is 6.20. The monoisotopic (exact) mass is 290 g/mol. The summed E-state index contributed by atoms with van der Waals surface area (Å²) in [6, 6.07) is 16.6. The Labute approximate surface area is 123 Å². The van der Waals surface area contributed by atoms with Crippen LogP contribution in [0.4, 0.5) is 0 Å². The standard InChI is InChI=1S/2C7H6O2.C2H6O/c2*8-7(9)6-4-2-1-3-5-6;1-2-3/h2*1-5H,(H,8,9);3H,2H2,1H3. The Bertz CT molecular complexity index is 473. The minimum absolute atomic E-state index is 0.250. The minimum Gasteiger partial charge on any atom is -0.478 e. The third kappa shape index (κ3) is 8.96. The van der Waals surface area contributed by atoms with Crippen molar-refractivity contribution in [3.05, 3.63) is 71.8 Å². The molecule has 0 amide bonds. The lowest BCUT2D eigenvalue weighted by Gasteiger charge is -1.88. The van der Waals surface area contributed by atoms with Gasteiger partial charge in [-0.15, -0.1) is 0 Å². The summed E-state index contributed by atoms with van der Waals surface area (Å²) in [5, 5.41) is 24.3. The molecule has 21 heavy (non-hydrogen) atoms. The molecule has 0 bridgehead atoms. The van der Waals surface area contributed by atoms with Crippen LogP contribution in [0.15, 0.2) is 60.7 Å². The van der Waals surface area contributed by atoms with E-state index < -0.39 is 11.9 Å². The first-order valence-electron chi connectivity index (χ1n) is 6.20. The van der Waals surface area contributed by atoms with Gasteiger partial charge in [-0.05, 0) is 31.2 Å². The van der Waals surface area contributed by atoms with E-state index in [1.807, 2.05) is 0 Å². The van der Waals surface area contributed by atoms with Crippen LogP contribution in [-0.4, -0.2) is 33.9 Å². The smallest absolute Gasteiger partial charge is 0.335 e. The van der Waals surface area contributed by atoms with Gasteiger partial charge in [0.15, 0.2) is 0 Å². The maximum absolute atomic E-state index is 10.2. The largest absolute Gasteiger partial charge is 0.478 e. The highest BCUT2D eigenvalue weighted by Gasteiger charge is 1.97. The number of carbonyl (C=O) groups is 2. The summed E-state index contributed by atoms with van der Waals surface area (Å²) < 4.78 is 0. The van der Waals surface area contributed by atoms with E-state index in [0.717, 1.165) is 0 Å². The Kier molecular flexibility index (Phi) is 9.77. The van der Waals surface area contributed by atoms with Crippen molar-refractivity contribution in [1.82, 2.24) is 0 Å². The Hall–Kier alpha value is -2.66. The van der Waals surface area contributed by atoms with Crippen LogP contribution in [0.25, 0.3) is 0 Å². The fraction of sp³-hybridized carbons (Fsp3) is 0.125.